The van der Waals surface area contributed by atoms with E-state index in [4.69, 9.17) is 16.7 Å². The summed E-state index contributed by atoms with van der Waals surface area (Å²) in [7, 11) is 0. The van der Waals surface area contributed by atoms with E-state index in [-0.39, 0.29) is 5.82 Å². The Bertz CT molecular complexity index is 1110. The summed E-state index contributed by atoms with van der Waals surface area (Å²) in [6.07, 6.45) is 3.51. The molecule has 0 aliphatic heterocycles. The zero-order valence-corrected chi connectivity index (χ0v) is 15.5. The SMILES string of the molecule is Fc1ccccc1N/N=C/c1cn(-c2ccc(Cl)cc2)nc1-c1ccccc1. The van der Waals surface area contributed by atoms with Gasteiger partial charge < -0.3 is 0 Å². The topological polar surface area (TPSA) is 42.2 Å². The van der Waals surface area contributed by atoms with E-state index in [0.29, 0.717) is 10.7 Å². The van der Waals surface area contributed by atoms with Crippen LogP contribution in [-0.4, -0.2) is 16.0 Å². The normalized spacial score (nSPS) is 11.1. The maximum absolute atomic E-state index is 13.8. The second kappa shape index (κ2) is 8.06. The van der Waals surface area contributed by atoms with E-state index >= 15 is 0 Å². The highest BCUT2D eigenvalue weighted by molar-refractivity contribution is 6.30. The van der Waals surface area contributed by atoms with Crippen LogP contribution < -0.4 is 5.43 Å². The van der Waals surface area contributed by atoms with Gasteiger partial charge in [-0.05, 0) is 36.4 Å². The Balaban J connectivity index is 1.69. The van der Waals surface area contributed by atoms with Crippen LogP contribution in [0.5, 0.6) is 0 Å². The summed E-state index contributed by atoms with van der Waals surface area (Å²) in [5.74, 6) is -0.361. The molecule has 0 atom stereocenters. The maximum atomic E-state index is 13.8. The first kappa shape index (κ1) is 17.9. The molecular formula is C22H16ClFN4. The molecule has 138 valence electrons. The summed E-state index contributed by atoms with van der Waals surface area (Å²) in [5.41, 5.74) is 6.45. The highest BCUT2D eigenvalue weighted by Gasteiger charge is 2.11. The monoisotopic (exact) mass is 390 g/mol. The Kier molecular flexibility index (Phi) is 5.17. The fourth-order valence-corrected chi connectivity index (χ4v) is 2.88. The molecule has 0 bridgehead atoms. The summed E-state index contributed by atoms with van der Waals surface area (Å²) in [5, 5.41) is 9.56. The van der Waals surface area contributed by atoms with Gasteiger partial charge in [0, 0.05) is 22.3 Å². The van der Waals surface area contributed by atoms with Crippen LogP contribution in [0, 0.1) is 5.82 Å². The van der Waals surface area contributed by atoms with Crippen molar-refractivity contribution < 1.29 is 4.39 Å². The van der Waals surface area contributed by atoms with E-state index in [9.17, 15) is 4.39 Å². The summed E-state index contributed by atoms with van der Waals surface area (Å²) >= 11 is 5.98. The van der Waals surface area contributed by atoms with Crippen molar-refractivity contribution in [2.75, 3.05) is 5.43 Å². The standard InChI is InChI=1S/C22H16ClFN4/c23-18-10-12-19(13-11-18)28-15-17(22(27-28)16-6-2-1-3-7-16)14-25-26-21-9-5-4-8-20(21)24/h1-15,26H/b25-14+. The zero-order chi connectivity index (χ0) is 19.3. The van der Waals surface area contributed by atoms with E-state index in [1.165, 1.54) is 6.07 Å². The van der Waals surface area contributed by atoms with E-state index in [2.05, 4.69) is 10.5 Å². The predicted molar refractivity (Wildman–Crippen MR) is 112 cm³/mol. The Hall–Kier alpha value is -3.44. The third kappa shape index (κ3) is 3.94. The number of anilines is 1. The van der Waals surface area contributed by atoms with Crippen molar-refractivity contribution in [1.29, 1.82) is 0 Å². The summed E-state index contributed by atoms with van der Waals surface area (Å²) < 4.78 is 15.5. The highest BCUT2D eigenvalue weighted by Crippen LogP contribution is 2.23. The molecule has 0 spiro atoms. The molecule has 0 saturated carbocycles. The maximum Gasteiger partial charge on any atom is 0.148 e. The zero-order valence-electron chi connectivity index (χ0n) is 14.8. The van der Waals surface area contributed by atoms with Crippen molar-refractivity contribution in [3.05, 3.63) is 101 Å². The van der Waals surface area contributed by atoms with Crippen LogP contribution in [0.1, 0.15) is 5.56 Å². The van der Waals surface area contributed by atoms with Gasteiger partial charge in [0.25, 0.3) is 0 Å². The smallest absolute Gasteiger partial charge is 0.148 e. The molecule has 0 saturated heterocycles. The average Bonchev–Trinajstić information content (AvgIpc) is 3.15. The van der Waals surface area contributed by atoms with Gasteiger partial charge in [0.15, 0.2) is 0 Å². The van der Waals surface area contributed by atoms with Gasteiger partial charge in [0.05, 0.1) is 17.6 Å². The lowest BCUT2D eigenvalue weighted by molar-refractivity contribution is 0.631. The molecular weight excluding hydrogens is 375 g/mol. The van der Waals surface area contributed by atoms with Gasteiger partial charge in [-0.25, -0.2) is 9.07 Å². The minimum Gasteiger partial charge on any atom is -0.276 e. The lowest BCUT2D eigenvalue weighted by Gasteiger charge is -2.01. The number of halogens is 2. The number of benzene rings is 3. The molecule has 4 rings (SSSR count). The fourth-order valence-electron chi connectivity index (χ4n) is 2.75. The van der Waals surface area contributed by atoms with Crippen molar-refractivity contribution in [2.24, 2.45) is 5.10 Å². The summed E-state index contributed by atoms with van der Waals surface area (Å²) in [6, 6.07) is 23.6. The van der Waals surface area contributed by atoms with Crippen molar-refractivity contribution >= 4 is 23.5 Å². The van der Waals surface area contributed by atoms with Gasteiger partial charge in [-0.2, -0.15) is 10.2 Å². The van der Waals surface area contributed by atoms with Crippen molar-refractivity contribution in [3.63, 3.8) is 0 Å². The number of nitrogens with one attached hydrogen (secondary N) is 1. The van der Waals surface area contributed by atoms with Crippen LogP contribution in [0.2, 0.25) is 5.02 Å². The summed E-state index contributed by atoms with van der Waals surface area (Å²) in [6.45, 7) is 0. The largest absolute Gasteiger partial charge is 0.276 e. The quantitative estimate of drug-likeness (QED) is 0.347. The minimum atomic E-state index is -0.361. The molecule has 1 aromatic heterocycles. The van der Waals surface area contributed by atoms with Crippen LogP contribution in [0.15, 0.2) is 90.2 Å². The number of para-hydroxylation sites is 1. The van der Waals surface area contributed by atoms with Gasteiger partial charge in [-0.1, -0.05) is 54.1 Å². The first-order chi connectivity index (χ1) is 13.7. The molecule has 0 aliphatic rings. The minimum absolute atomic E-state index is 0.310. The molecule has 0 fully saturated rings. The van der Waals surface area contributed by atoms with Gasteiger partial charge >= 0.3 is 0 Å². The van der Waals surface area contributed by atoms with Crippen molar-refractivity contribution in [1.82, 2.24) is 9.78 Å². The van der Waals surface area contributed by atoms with Gasteiger partial charge in [-0.15, -0.1) is 0 Å². The molecule has 4 aromatic rings. The Morgan fingerprint density at radius 2 is 1.64 bits per heavy atom. The molecule has 4 nitrogen and oxygen atoms in total. The van der Waals surface area contributed by atoms with Gasteiger partial charge in [-0.3, -0.25) is 5.43 Å². The molecule has 28 heavy (non-hydrogen) atoms. The van der Waals surface area contributed by atoms with Crippen LogP contribution >= 0.6 is 11.6 Å². The molecule has 0 radical (unpaired) electrons. The molecule has 3 aromatic carbocycles. The molecule has 0 aliphatic carbocycles. The average molecular weight is 391 g/mol. The second-order valence-electron chi connectivity index (χ2n) is 6.07. The molecule has 0 amide bonds. The fraction of sp³-hybridized carbons (Fsp3) is 0. The highest BCUT2D eigenvalue weighted by atomic mass is 35.5. The number of nitrogens with zero attached hydrogens (tertiary/aromatic N) is 3. The second-order valence-corrected chi connectivity index (χ2v) is 6.51. The van der Waals surface area contributed by atoms with E-state index in [1.807, 2.05) is 60.8 Å². The van der Waals surface area contributed by atoms with E-state index in [1.54, 1.807) is 29.1 Å². The van der Waals surface area contributed by atoms with Crippen molar-refractivity contribution in [2.45, 2.75) is 0 Å². The number of aromatic nitrogens is 2. The summed E-state index contributed by atoms with van der Waals surface area (Å²) in [4.78, 5) is 0. The van der Waals surface area contributed by atoms with Crippen LogP contribution in [0.4, 0.5) is 10.1 Å². The third-order valence-corrected chi connectivity index (χ3v) is 4.40. The molecule has 0 unspecified atom stereocenters. The lowest BCUT2D eigenvalue weighted by Crippen LogP contribution is -1.94. The number of hydrogen-bond donors (Lipinski definition) is 1. The van der Waals surface area contributed by atoms with Crippen molar-refractivity contribution in [3.8, 4) is 16.9 Å². The van der Waals surface area contributed by atoms with E-state index in [0.717, 1.165) is 22.5 Å². The first-order valence-corrected chi connectivity index (χ1v) is 9.03. The first-order valence-electron chi connectivity index (χ1n) is 8.65. The molecule has 1 N–H and O–H groups in total. The number of rotatable bonds is 5. The van der Waals surface area contributed by atoms with Crippen LogP contribution in [-0.2, 0) is 0 Å². The Morgan fingerprint density at radius 1 is 0.929 bits per heavy atom. The lowest BCUT2D eigenvalue weighted by atomic mass is 10.1. The van der Waals surface area contributed by atoms with Gasteiger partial charge in [0.1, 0.15) is 11.5 Å². The number of hydrogen-bond acceptors (Lipinski definition) is 3. The van der Waals surface area contributed by atoms with E-state index < -0.39 is 0 Å². The number of hydrazone groups is 1. The third-order valence-electron chi connectivity index (χ3n) is 4.14. The predicted octanol–water partition coefficient (Wildman–Crippen LogP) is 5.78. The Morgan fingerprint density at radius 3 is 2.39 bits per heavy atom. The van der Waals surface area contributed by atoms with Gasteiger partial charge in [0.2, 0.25) is 0 Å². The Labute approximate surface area is 166 Å². The van der Waals surface area contributed by atoms with Crippen LogP contribution in [0.3, 0.4) is 0 Å². The van der Waals surface area contributed by atoms with Crippen LogP contribution in [0.25, 0.3) is 16.9 Å². The molecule has 6 heteroatoms. The molecule has 1 heterocycles.